The number of nitrogens with zero attached hydrogens (tertiary/aromatic N) is 1. The first-order valence-electron chi connectivity index (χ1n) is 11.3. The lowest BCUT2D eigenvalue weighted by Crippen LogP contribution is -2.17. The van der Waals surface area contributed by atoms with Gasteiger partial charge in [0.05, 0.1) is 24.3 Å². The first-order chi connectivity index (χ1) is 17.0. The summed E-state index contributed by atoms with van der Waals surface area (Å²) in [6, 6.07) is 16.5. The van der Waals surface area contributed by atoms with Crippen molar-refractivity contribution in [2.75, 3.05) is 25.1 Å². The number of ether oxygens (including phenoxy) is 2. The summed E-state index contributed by atoms with van der Waals surface area (Å²) in [7, 11) is -1.48. The molecule has 0 spiro atoms. The Balaban J connectivity index is 1.52. The molecule has 8 nitrogen and oxygen atoms in total. The number of aromatic nitrogens is 1. The molecular formula is C26H28N2O6S. The zero-order chi connectivity index (χ0) is 25.0. The van der Waals surface area contributed by atoms with Gasteiger partial charge < -0.3 is 19.9 Å². The minimum Gasteiger partial charge on any atom is -0.491 e. The zero-order valence-corrected chi connectivity index (χ0v) is 20.3. The predicted molar refractivity (Wildman–Crippen MR) is 132 cm³/mol. The summed E-state index contributed by atoms with van der Waals surface area (Å²) in [5, 5.41) is 12.2. The Morgan fingerprint density at radius 2 is 1.77 bits per heavy atom. The third-order valence-electron chi connectivity index (χ3n) is 4.96. The highest BCUT2D eigenvalue weighted by atomic mass is 32.2. The Hall–Kier alpha value is -3.56. The van der Waals surface area contributed by atoms with Crippen molar-refractivity contribution in [2.45, 2.75) is 36.1 Å². The lowest BCUT2D eigenvalue weighted by atomic mass is 10.1. The van der Waals surface area contributed by atoms with Crippen molar-refractivity contribution >= 4 is 28.4 Å². The maximum Gasteiger partial charge on any atom is 0.337 e. The number of carbonyl (C=O) groups excluding carboxylic acids is 1. The van der Waals surface area contributed by atoms with Gasteiger partial charge in [-0.05, 0) is 54.4 Å². The highest BCUT2D eigenvalue weighted by Crippen LogP contribution is 2.19. The highest BCUT2D eigenvalue weighted by Gasteiger charge is 2.13. The fourth-order valence-electron chi connectivity index (χ4n) is 3.13. The van der Waals surface area contributed by atoms with E-state index in [-0.39, 0.29) is 23.6 Å². The Morgan fingerprint density at radius 1 is 1.00 bits per heavy atom. The number of benzene rings is 2. The van der Waals surface area contributed by atoms with Gasteiger partial charge in [-0.25, -0.2) is 14.0 Å². The molecule has 1 heterocycles. The van der Waals surface area contributed by atoms with E-state index in [9.17, 15) is 18.9 Å². The van der Waals surface area contributed by atoms with Gasteiger partial charge >= 0.3 is 5.97 Å². The van der Waals surface area contributed by atoms with Crippen LogP contribution in [-0.4, -0.2) is 46.0 Å². The molecule has 1 unspecified atom stereocenters. The van der Waals surface area contributed by atoms with Gasteiger partial charge in [-0.2, -0.15) is 0 Å². The fourth-order valence-corrected chi connectivity index (χ4v) is 4.10. The summed E-state index contributed by atoms with van der Waals surface area (Å²) in [6.45, 7) is 3.81. The molecule has 184 valence electrons. The molecule has 0 aliphatic rings. The maximum atomic E-state index is 12.8. The molecule has 9 heteroatoms. The van der Waals surface area contributed by atoms with Crippen molar-refractivity contribution in [1.29, 1.82) is 0 Å². The topological polar surface area (TPSA) is 115 Å². The summed E-state index contributed by atoms with van der Waals surface area (Å²) in [6.07, 6.45) is 3.62. The quantitative estimate of drug-likeness (QED) is 0.339. The number of carboxylic acid groups (broad SMARTS) is 1. The van der Waals surface area contributed by atoms with Crippen molar-refractivity contribution in [3.8, 4) is 5.75 Å². The van der Waals surface area contributed by atoms with Gasteiger partial charge in [-0.1, -0.05) is 31.5 Å². The minimum absolute atomic E-state index is 0.00205. The second-order valence-electron chi connectivity index (χ2n) is 7.63. The van der Waals surface area contributed by atoms with Crippen LogP contribution in [0.4, 0.5) is 5.69 Å². The lowest BCUT2D eigenvalue weighted by Gasteiger charge is -2.09. The lowest BCUT2D eigenvalue weighted by molar-refractivity contribution is -0.115. The molecule has 35 heavy (non-hydrogen) atoms. The van der Waals surface area contributed by atoms with Gasteiger partial charge in [0.15, 0.2) is 0 Å². The summed E-state index contributed by atoms with van der Waals surface area (Å²) >= 11 is 0. The number of pyridine rings is 1. The highest BCUT2D eigenvalue weighted by molar-refractivity contribution is 7.85. The van der Waals surface area contributed by atoms with E-state index in [4.69, 9.17) is 9.47 Å². The fraction of sp³-hybridized carbons (Fsp3) is 0.269. The molecule has 2 aromatic carbocycles. The van der Waals surface area contributed by atoms with Gasteiger partial charge in [-0.3, -0.25) is 4.79 Å². The normalized spacial score (nSPS) is 11.6. The third kappa shape index (κ3) is 8.01. The number of rotatable bonds is 13. The first kappa shape index (κ1) is 26.1. The molecule has 0 fully saturated rings. The van der Waals surface area contributed by atoms with Crippen molar-refractivity contribution in [2.24, 2.45) is 0 Å². The molecule has 0 aliphatic carbocycles. The van der Waals surface area contributed by atoms with Crippen LogP contribution in [0.15, 0.2) is 76.8 Å². The van der Waals surface area contributed by atoms with Crippen LogP contribution < -0.4 is 10.1 Å². The number of carbonyl (C=O) groups is 2. The van der Waals surface area contributed by atoms with Gasteiger partial charge in [-0.15, -0.1) is 0 Å². The number of aromatic carboxylic acids is 1. The van der Waals surface area contributed by atoms with Crippen LogP contribution in [0, 0.1) is 0 Å². The summed E-state index contributed by atoms with van der Waals surface area (Å²) < 4.78 is 23.9. The molecule has 1 atom stereocenters. The van der Waals surface area contributed by atoms with Gasteiger partial charge in [0.25, 0.3) is 0 Å². The Morgan fingerprint density at radius 3 is 2.46 bits per heavy atom. The maximum absolute atomic E-state index is 12.8. The number of hydrogen-bond donors (Lipinski definition) is 2. The average molecular weight is 497 g/mol. The van der Waals surface area contributed by atoms with E-state index < -0.39 is 16.8 Å². The summed E-state index contributed by atoms with van der Waals surface area (Å²) in [5.41, 5.74) is 0.856. The molecule has 3 aromatic rings. The van der Waals surface area contributed by atoms with E-state index in [2.05, 4.69) is 17.2 Å². The van der Waals surface area contributed by atoms with E-state index in [0.717, 1.165) is 19.4 Å². The molecular weight excluding hydrogens is 468 g/mol. The van der Waals surface area contributed by atoms with Crippen LogP contribution in [0.3, 0.4) is 0 Å². The van der Waals surface area contributed by atoms with Crippen LogP contribution >= 0.6 is 0 Å². The number of hydrogen-bond acceptors (Lipinski definition) is 6. The van der Waals surface area contributed by atoms with E-state index in [1.165, 1.54) is 18.3 Å². The Kier molecular flexibility index (Phi) is 9.94. The third-order valence-corrected chi connectivity index (χ3v) is 6.28. The number of anilines is 1. The molecule has 1 amide bonds. The molecule has 0 aliphatic heterocycles. The Bertz CT molecular complexity index is 1150. The number of unbranched alkanes of at least 4 members (excludes halogenated alkanes) is 1. The van der Waals surface area contributed by atoms with Crippen LogP contribution in [0.5, 0.6) is 5.75 Å². The number of para-hydroxylation sites is 1. The molecule has 2 N–H and O–H groups in total. The van der Waals surface area contributed by atoms with E-state index in [1.54, 1.807) is 48.5 Å². The van der Waals surface area contributed by atoms with Crippen LogP contribution in [0.1, 0.15) is 35.7 Å². The predicted octanol–water partition coefficient (Wildman–Crippen LogP) is 4.32. The largest absolute Gasteiger partial charge is 0.491 e. The molecule has 0 radical (unpaired) electrons. The van der Waals surface area contributed by atoms with Crippen molar-refractivity contribution in [3.63, 3.8) is 0 Å². The smallest absolute Gasteiger partial charge is 0.337 e. The SMILES string of the molecule is CCCCOCCOc1ccc(S(=O)c2ccc(CC(=O)Nc3ccccc3C(=O)O)cn2)cc1. The monoisotopic (exact) mass is 496 g/mol. The van der Waals surface area contributed by atoms with E-state index in [1.807, 2.05) is 0 Å². The van der Waals surface area contributed by atoms with E-state index in [0.29, 0.717) is 34.4 Å². The number of nitrogens with one attached hydrogen (secondary N) is 1. The van der Waals surface area contributed by atoms with Gasteiger partial charge in [0.2, 0.25) is 5.91 Å². The molecule has 0 saturated carbocycles. The van der Waals surface area contributed by atoms with Crippen LogP contribution in [-0.2, 0) is 26.8 Å². The summed E-state index contributed by atoms with van der Waals surface area (Å²) in [5.74, 6) is -0.824. The minimum atomic E-state index is -1.48. The second-order valence-corrected chi connectivity index (χ2v) is 9.06. The number of amides is 1. The average Bonchev–Trinajstić information content (AvgIpc) is 2.86. The second kappa shape index (κ2) is 13.4. The molecule has 0 saturated heterocycles. The summed E-state index contributed by atoms with van der Waals surface area (Å²) in [4.78, 5) is 28.5. The molecule has 1 aromatic heterocycles. The first-order valence-corrected chi connectivity index (χ1v) is 12.4. The number of carboxylic acids is 1. The van der Waals surface area contributed by atoms with Gasteiger partial charge in [0.1, 0.15) is 28.2 Å². The van der Waals surface area contributed by atoms with Crippen LogP contribution in [0.25, 0.3) is 0 Å². The van der Waals surface area contributed by atoms with Crippen molar-refractivity contribution in [3.05, 3.63) is 78.0 Å². The standard InChI is InChI=1S/C26H28N2O6S/c1-2-3-14-33-15-16-34-20-9-11-21(12-10-20)35(32)25-13-8-19(18-27-25)17-24(29)28-23-7-5-4-6-22(23)26(30)31/h4-13,18H,2-3,14-17H2,1H3,(H,28,29)(H,30,31). The van der Waals surface area contributed by atoms with Crippen LogP contribution in [0.2, 0.25) is 0 Å². The molecule has 3 rings (SSSR count). The van der Waals surface area contributed by atoms with Crippen molar-refractivity contribution < 1.29 is 28.4 Å². The van der Waals surface area contributed by atoms with Crippen molar-refractivity contribution in [1.82, 2.24) is 4.98 Å². The molecule has 0 bridgehead atoms. The Labute approximate surface area is 206 Å². The van der Waals surface area contributed by atoms with E-state index >= 15 is 0 Å². The van der Waals surface area contributed by atoms with Gasteiger partial charge in [0, 0.05) is 17.7 Å². The zero-order valence-electron chi connectivity index (χ0n) is 19.4.